The van der Waals surface area contributed by atoms with Crippen LogP contribution >= 0.6 is 0 Å². The maximum Gasteiger partial charge on any atom is 0.337 e. The first-order valence-electron chi connectivity index (χ1n) is 4.85. The number of anilines is 1. The molecule has 0 heterocycles. The molecule has 0 aliphatic carbocycles. The summed E-state index contributed by atoms with van der Waals surface area (Å²) in [6.07, 6.45) is 0. The number of para-hydroxylation sites is 1. The van der Waals surface area contributed by atoms with Gasteiger partial charge in [0, 0.05) is 20.1 Å². The molecular weight excluding hydrogens is 192 g/mol. The highest BCUT2D eigenvalue weighted by Crippen LogP contribution is 2.18. The zero-order chi connectivity index (χ0) is 11.3. The number of carboxylic acid groups (broad SMARTS) is 1. The smallest absolute Gasteiger partial charge is 0.337 e. The largest absolute Gasteiger partial charge is 0.478 e. The van der Waals surface area contributed by atoms with Gasteiger partial charge < -0.3 is 15.3 Å². The van der Waals surface area contributed by atoms with Gasteiger partial charge in [0.1, 0.15) is 0 Å². The monoisotopic (exact) mass is 208 g/mol. The van der Waals surface area contributed by atoms with Crippen LogP contribution in [-0.2, 0) is 0 Å². The highest BCUT2D eigenvalue weighted by Gasteiger charge is 2.11. The van der Waals surface area contributed by atoms with Crippen molar-refractivity contribution in [3.05, 3.63) is 29.8 Å². The molecule has 0 aromatic heterocycles. The summed E-state index contributed by atoms with van der Waals surface area (Å²) in [5, 5.41) is 12.0. The topological polar surface area (TPSA) is 52.6 Å². The van der Waals surface area contributed by atoms with Crippen LogP contribution in [0.15, 0.2) is 24.3 Å². The number of nitrogens with zero attached hydrogens (tertiary/aromatic N) is 1. The fourth-order valence-corrected chi connectivity index (χ4v) is 1.39. The molecule has 0 aliphatic heterocycles. The van der Waals surface area contributed by atoms with E-state index in [4.69, 9.17) is 5.11 Å². The molecule has 0 saturated heterocycles. The van der Waals surface area contributed by atoms with Crippen molar-refractivity contribution in [3.8, 4) is 0 Å². The molecular formula is C11H16N2O2. The molecule has 15 heavy (non-hydrogen) atoms. The number of hydrogen-bond donors (Lipinski definition) is 2. The third-order valence-corrected chi connectivity index (χ3v) is 2.24. The van der Waals surface area contributed by atoms with E-state index in [1.807, 2.05) is 31.1 Å². The number of nitrogens with one attached hydrogen (secondary N) is 1. The molecule has 0 unspecified atom stereocenters. The average Bonchev–Trinajstić information content (AvgIpc) is 2.25. The summed E-state index contributed by atoms with van der Waals surface area (Å²) < 4.78 is 0. The van der Waals surface area contributed by atoms with Crippen LogP contribution in [0, 0.1) is 0 Å². The lowest BCUT2D eigenvalue weighted by Gasteiger charge is -2.20. The second-order valence-electron chi connectivity index (χ2n) is 3.35. The first kappa shape index (κ1) is 11.5. The Labute approximate surface area is 89.5 Å². The van der Waals surface area contributed by atoms with Crippen LogP contribution in [0.4, 0.5) is 5.69 Å². The fourth-order valence-electron chi connectivity index (χ4n) is 1.39. The Bertz CT molecular complexity index is 339. The highest BCUT2D eigenvalue weighted by molar-refractivity contribution is 5.94. The van der Waals surface area contributed by atoms with E-state index in [-0.39, 0.29) is 0 Å². The fraction of sp³-hybridized carbons (Fsp3) is 0.364. The number of aromatic carboxylic acids is 1. The van der Waals surface area contributed by atoms with Gasteiger partial charge in [-0.05, 0) is 19.2 Å². The summed E-state index contributed by atoms with van der Waals surface area (Å²) >= 11 is 0. The van der Waals surface area contributed by atoms with Crippen molar-refractivity contribution in [1.82, 2.24) is 5.32 Å². The average molecular weight is 208 g/mol. The Balaban J connectivity index is 2.87. The highest BCUT2D eigenvalue weighted by atomic mass is 16.4. The van der Waals surface area contributed by atoms with Crippen molar-refractivity contribution < 1.29 is 9.90 Å². The molecule has 1 rings (SSSR count). The number of benzene rings is 1. The second-order valence-corrected chi connectivity index (χ2v) is 3.35. The minimum Gasteiger partial charge on any atom is -0.478 e. The summed E-state index contributed by atoms with van der Waals surface area (Å²) in [5.41, 5.74) is 1.09. The number of likely N-dealkylation sites (N-methyl/N-ethyl adjacent to an activating group) is 2. The molecule has 2 N–H and O–H groups in total. The summed E-state index contributed by atoms with van der Waals surface area (Å²) in [7, 11) is 3.76. The number of hydrogen-bond acceptors (Lipinski definition) is 3. The zero-order valence-corrected chi connectivity index (χ0v) is 9.03. The normalized spacial score (nSPS) is 10.0. The van der Waals surface area contributed by atoms with Gasteiger partial charge in [-0.15, -0.1) is 0 Å². The van der Waals surface area contributed by atoms with Gasteiger partial charge in [0.25, 0.3) is 0 Å². The molecule has 0 fully saturated rings. The van der Waals surface area contributed by atoms with Crippen molar-refractivity contribution in [1.29, 1.82) is 0 Å². The molecule has 0 amide bonds. The van der Waals surface area contributed by atoms with Crippen LogP contribution < -0.4 is 10.2 Å². The predicted octanol–water partition coefficient (Wildman–Crippen LogP) is 1.04. The lowest BCUT2D eigenvalue weighted by Crippen LogP contribution is -2.28. The van der Waals surface area contributed by atoms with Crippen LogP contribution in [0.25, 0.3) is 0 Å². The molecule has 4 heteroatoms. The number of rotatable bonds is 5. The van der Waals surface area contributed by atoms with E-state index in [1.165, 1.54) is 0 Å². The Morgan fingerprint density at radius 2 is 2.13 bits per heavy atom. The van der Waals surface area contributed by atoms with Crippen LogP contribution in [0.1, 0.15) is 10.4 Å². The SMILES string of the molecule is CNCCN(C)c1ccccc1C(=O)O. The van der Waals surface area contributed by atoms with E-state index >= 15 is 0 Å². The number of carboxylic acids is 1. The van der Waals surface area contributed by atoms with Crippen LogP contribution in [0.5, 0.6) is 0 Å². The standard InChI is InChI=1S/C11H16N2O2/c1-12-7-8-13(2)10-6-4-3-5-9(10)11(14)15/h3-6,12H,7-8H2,1-2H3,(H,14,15). The second kappa shape index (κ2) is 5.36. The van der Waals surface area contributed by atoms with Gasteiger partial charge in [-0.3, -0.25) is 0 Å². The molecule has 0 atom stereocenters. The van der Waals surface area contributed by atoms with E-state index in [0.717, 1.165) is 18.8 Å². The molecule has 0 aliphatic rings. The Morgan fingerprint density at radius 1 is 1.47 bits per heavy atom. The van der Waals surface area contributed by atoms with E-state index in [0.29, 0.717) is 5.56 Å². The summed E-state index contributed by atoms with van der Waals surface area (Å²) in [6.45, 7) is 1.60. The first-order chi connectivity index (χ1) is 7.16. The summed E-state index contributed by atoms with van der Waals surface area (Å²) in [6, 6.07) is 7.02. The van der Waals surface area contributed by atoms with Gasteiger partial charge in [0.05, 0.1) is 11.3 Å². The van der Waals surface area contributed by atoms with Gasteiger partial charge in [0.15, 0.2) is 0 Å². The lowest BCUT2D eigenvalue weighted by molar-refractivity contribution is 0.0697. The molecule has 1 aromatic carbocycles. The maximum atomic E-state index is 11.0. The van der Waals surface area contributed by atoms with Gasteiger partial charge in [0.2, 0.25) is 0 Å². The van der Waals surface area contributed by atoms with Crippen LogP contribution in [-0.4, -0.2) is 38.3 Å². The summed E-state index contributed by atoms with van der Waals surface area (Å²) in [5.74, 6) is -0.887. The van der Waals surface area contributed by atoms with Gasteiger partial charge >= 0.3 is 5.97 Å². The molecule has 0 bridgehead atoms. The van der Waals surface area contributed by atoms with E-state index in [9.17, 15) is 4.79 Å². The molecule has 0 saturated carbocycles. The molecule has 4 nitrogen and oxygen atoms in total. The van der Waals surface area contributed by atoms with Gasteiger partial charge in [-0.2, -0.15) is 0 Å². The van der Waals surface area contributed by atoms with E-state index in [2.05, 4.69) is 5.32 Å². The van der Waals surface area contributed by atoms with Gasteiger partial charge in [-0.25, -0.2) is 4.79 Å². The van der Waals surface area contributed by atoms with Crippen LogP contribution in [0.3, 0.4) is 0 Å². The molecule has 1 aromatic rings. The van der Waals surface area contributed by atoms with E-state index < -0.39 is 5.97 Å². The summed E-state index contributed by atoms with van der Waals surface area (Å²) in [4.78, 5) is 12.9. The predicted molar refractivity (Wildman–Crippen MR) is 60.6 cm³/mol. The Kier molecular flexibility index (Phi) is 4.12. The van der Waals surface area contributed by atoms with Gasteiger partial charge in [-0.1, -0.05) is 12.1 Å². The van der Waals surface area contributed by atoms with Crippen molar-refractivity contribution in [2.75, 3.05) is 32.1 Å². The maximum absolute atomic E-state index is 11.0. The third-order valence-electron chi connectivity index (χ3n) is 2.24. The van der Waals surface area contributed by atoms with E-state index in [1.54, 1.807) is 12.1 Å². The minimum atomic E-state index is -0.887. The first-order valence-corrected chi connectivity index (χ1v) is 4.85. The number of carbonyl (C=O) groups is 1. The Morgan fingerprint density at radius 3 is 2.73 bits per heavy atom. The molecule has 82 valence electrons. The lowest BCUT2D eigenvalue weighted by atomic mass is 10.1. The van der Waals surface area contributed by atoms with Crippen molar-refractivity contribution in [2.45, 2.75) is 0 Å². The molecule has 0 radical (unpaired) electrons. The zero-order valence-electron chi connectivity index (χ0n) is 9.03. The quantitative estimate of drug-likeness (QED) is 0.759. The molecule has 0 spiro atoms. The third kappa shape index (κ3) is 2.95. The van der Waals surface area contributed by atoms with Crippen LogP contribution in [0.2, 0.25) is 0 Å². The van der Waals surface area contributed by atoms with Crippen molar-refractivity contribution in [3.63, 3.8) is 0 Å². The van der Waals surface area contributed by atoms with Crippen molar-refractivity contribution in [2.24, 2.45) is 0 Å². The minimum absolute atomic E-state index is 0.344. The Hall–Kier alpha value is -1.55. The van der Waals surface area contributed by atoms with Crippen molar-refractivity contribution >= 4 is 11.7 Å².